The van der Waals surface area contributed by atoms with E-state index < -0.39 is 12.2 Å². The maximum Gasteiger partial charge on any atom is 0.0811 e. The Morgan fingerprint density at radius 3 is 2.70 bits per heavy atom. The van der Waals surface area contributed by atoms with Gasteiger partial charge in [-0.05, 0) is 92.6 Å². The summed E-state index contributed by atoms with van der Waals surface area (Å²) in [5.74, 6) is 1.75. The largest absolute Gasteiger partial charge is 0.393 e. The predicted molar refractivity (Wildman–Crippen MR) is 124 cm³/mol. The molecule has 3 aliphatic carbocycles. The second-order valence-electron chi connectivity index (χ2n) is 10.7. The van der Waals surface area contributed by atoms with Crippen LogP contribution in [0.1, 0.15) is 78.6 Å². The van der Waals surface area contributed by atoms with Crippen molar-refractivity contribution in [3.63, 3.8) is 0 Å². The molecule has 3 N–H and O–H groups in total. The normalized spacial score (nSPS) is 39.2. The zero-order chi connectivity index (χ0) is 22.1. The van der Waals surface area contributed by atoms with Crippen LogP contribution in [0.3, 0.4) is 0 Å². The number of hydrogen-bond donors (Lipinski definition) is 3. The lowest BCUT2D eigenvalue weighted by molar-refractivity contribution is 0.0641. The van der Waals surface area contributed by atoms with Gasteiger partial charge in [0.2, 0.25) is 0 Å². The molecule has 3 rings (SSSR count). The Hall–Kier alpha value is -1.16. The molecule has 3 saturated carbocycles. The number of aliphatic hydroxyl groups excluding tert-OH is 3. The molecular formula is C27H42O3. The lowest BCUT2D eigenvalue weighted by Crippen LogP contribution is -2.36. The molecule has 3 nitrogen and oxygen atoms in total. The predicted octanol–water partition coefficient (Wildman–Crippen LogP) is 5.48. The Morgan fingerprint density at radius 2 is 2.00 bits per heavy atom. The van der Waals surface area contributed by atoms with Crippen LogP contribution in [-0.4, -0.2) is 33.6 Å². The van der Waals surface area contributed by atoms with Crippen molar-refractivity contribution < 1.29 is 15.3 Å². The number of allylic oxidation sites excluding steroid dienone is 3. The molecule has 0 bridgehead atoms. The van der Waals surface area contributed by atoms with Crippen molar-refractivity contribution >= 4 is 0 Å². The van der Waals surface area contributed by atoms with Crippen molar-refractivity contribution in [2.45, 2.75) is 96.9 Å². The zero-order valence-electron chi connectivity index (χ0n) is 19.2. The van der Waals surface area contributed by atoms with E-state index in [9.17, 15) is 15.3 Å². The summed E-state index contributed by atoms with van der Waals surface area (Å²) in [6, 6.07) is 0. The van der Waals surface area contributed by atoms with E-state index >= 15 is 0 Å². The van der Waals surface area contributed by atoms with Gasteiger partial charge >= 0.3 is 0 Å². The van der Waals surface area contributed by atoms with Crippen LogP contribution < -0.4 is 0 Å². The fraction of sp³-hybridized carbons (Fsp3) is 0.704. The van der Waals surface area contributed by atoms with Crippen molar-refractivity contribution in [2.24, 2.45) is 23.2 Å². The Balaban J connectivity index is 1.74. The number of aliphatic hydroxyl groups is 3. The van der Waals surface area contributed by atoms with Gasteiger partial charge in [-0.25, -0.2) is 0 Å². The summed E-state index contributed by atoms with van der Waals surface area (Å²) in [4.78, 5) is 0. The standard InChI is InChI=1S/C27H42O3/c1-17(2)13-22(28)14-18(3)24-10-11-25-20(7-6-12-27(24,25)5)8-9-21-15-23(29)16-26(30)19(21)4/h8-9,18,22-26,28-30H,1,4,6-7,10-16H2,2-3,5H3/b20-8+,21-9-/t18-,22-,23-,24-,25+,26+,27-/m1/s1. The third-order valence-corrected chi connectivity index (χ3v) is 8.22. The van der Waals surface area contributed by atoms with E-state index in [-0.39, 0.29) is 6.10 Å². The van der Waals surface area contributed by atoms with Gasteiger partial charge in [0, 0.05) is 6.42 Å². The molecule has 0 amide bonds. The van der Waals surface area contributed by atoms with Crippen LogP contribution in [0, 0.1) is 23.2 Å². The first-order valence-electron chi connectivity index (χ1n) is 11.9. The molecular weight excluding hydrogens is 372 g/mol. The van der Waals surface area contributed by atoms with Gasteiger partial charge < -0.3 is 15.3 Å². The highest BCUT2D eigenvalue weighted by Crippen LogP contribution is 2.60. The minimum Gasteiger partial charge on any atom is -0.393 e. The first-order chi connectivity index (χ1) is 14.1. The van der Waals surface area contributed by atoms with Gasteiger partial charge in [-0.3, -0.25) is 0 Å². The first-order valence-corrected chi connectivity index (χ1v) is 11.9. The van der Waals surface area contributed by atoms with Gasteiger partial charge in [-0.1, -0.05) is 43.7 Å². The fourth-order valence-electron chi connectivity index (χ4n) is 6.76. The maximum atomic E-state index is 10.4. The summed E-state index contributed by atoms with van der Waals surface area (Å²) in [6.07, 6.45) is 11.6. The van der Waals surface area contributed by atoms with E-state index in [1.165, 1.54) is 31.3 Å². The molecule has 3 heteroatoms. The SMILES string of the molecule is C=C(C)C[C@@H](O)C[C@@H](C)[C@H]1CC[C@H]2/C(=C/C=C3/C[C@@H](O)C[C@H](O)C3=C)CCC[C@]12C. The van der Waals surface area contributed by atoms with Crippen LogP contribution in [0.5, 0.6) is 0 Å². The summed E-state index contributed by atoms with van der Waals surface area (Å²) in [6.45, 7) is 14.8. The smallest absolute Gasteiger partial charge is 0.0811 e. The van der Waals surface area contributed by atoms with E-state index in [4.69, 9.17) is 0 Å². The van der Waals surface area contributed by atoms with Crippen LogP contribution >= 0.6 is 0 Å². The molecule has 0 spiro atoms. The topological polar surface area (TPSA) is 60.7 Å². The van der Waals surface area contributed by atoms with Gasteiger partial charge in [-0.2, -0.15) is 0 Å². The third kappa shape index (κ3) is 5.00. The summed E-state index contributed by atoms with van der Waals surface area (Å²) >= 11 is 0. The second kappa shape index (κ2) is 9.54. The van der Waals surface area contributed by atoms with Gasteiger partial charge in [0.25, 0.3) is 0 Å². The number of rotatable bonds is 6. The van der Waals surface area contributed by atoms with Gasteiger partial charge in [0.05, 0.1) is 18.3 Å². The summed E-state index contributed by atoms with van der Waals surface area (Å²) in [5.41, 5.74) is 4.64. The van der Waals surface area contributed by atoms with Crippen LogP contribution in [0.25, 0.3) is 0 Å². The van der Waals surface area contributed by atoms with E-state index in [0.29, 0.717) is 42.4 Å². The molecule has 168 valence electrons. The monoisotopic (exact) mass is 414 g/mol. The van der Waals surface area contributed by atoms with Crippen molar-refractivity contribution in [3.05, 3.63) is 47.6 Å². The molecule has 0 heterocycles. The van der Waals surface area contributed by atoms with Crippen LogP contribution in [0.2, 0.25) is 0 Å². The van der Waals surface area contributed by atoms with Crippen LogP contribution in [0.15, 0.2) is 47.6 Å². The van der Waals surface area contributed by atoms with Gasteiger partial charge in [0.15, 0.2) is 0 Å². The number of fused-ring (bicyclic) bond motifs is 1. The highest BCUT2D eigenvalue weighted by Gasteiger charge is 2.50. The fourth-order valence-corrected chi connectivity index (χ4v) is 6.76. The molecule has 30 heavy (non-hydrogen) atoms. The average molecular weight is 415 g/mol. The molecule has 0 unspecified atom stereocenters. The quantitative estimate of drug-likeness (QED) is 0.504. The lowest BCUT2D eigenvalue weighted by Gasteiger charge is -2.44. The second-order valence-corrected chi connectivity index (χ2v) is 10.7. The summed E-state index contributed by atoms with van der Waals surface area (Å²) in [5, 5.41) is 30.6. The molecule has 0 saturated heterocycles. The highest BCUT2D eigenvalue weighted by molar-refractivity contribution is 5.38. The van der Waals surface area contributed by atoms with E-state index in [1.807, 2.05) is 6.92 Å². The van der Waals surface area contributed by atoms with E-state index in [1.54, 1.807) is 0 Å². The summed E-state index contributed by atoms with van der Waals surface area (Å²) < 4.78 is 0. The van der Waals surface area contributed by atoms with Gasteiger partial charge in [-0.15, -0.1) is 6.58 Å². The minimum absolute atomic E-state index is 0.279. The minimum atomic E-state index is -0.627. The van der Waals surface area contributed by atoms with Crippen molar-refractivity contribution in [1.29, 1.82) is 0 Å². The molecule has 0 aromatic carbocycles. The van der Waals surface area contributed by atoms with Crippen molar-refractivity contribution in [1.82, 2.24) is 0 Å². The lowest BCUT2D eigenvalue weighted by atomic mass is 9.60. The third-order valence-electron chi connectivity index (χ3n) is 8.22. The Morgan fingerprint density at radius 1 is 1.27 bits per heavy atom. The Bertz CT molecular complexity index is 718. The zero-order valence-corrected chi connectivity index (χ0v) is 19.2. The van der Waals surface area contributed by atoms with E-state index in [0.717, 1.165) is 29.6 Å². The number of hydrogen-bond acceptors (Lipinski definition) is 3. The molecule has 7 atom stereocenters. The molecule has 0 aliphatic heterocycles. The van der Waals surface area contributed by atoms with Crippen molar-refractivity contribution in [2.75, 3.05) is 0 Å². The molecule has 3 fully saturated rings. The first kappa shape index (κ1) is 23.5. The van der Waals surface area contributed by atoms with Crippen LogP contribution in [0.4, 0.5) is 0 Å². The molecule has 0 aromatic heterocycles. The summed E-state index contributed by atoms with van der Waals surface area (Å²) in [7, 11) is 0. The van der Waals surface area contributed by atoms with Gasteiger partial charge in [0.1, 0.15) is 0 Å². The average Bonchev–Trinajstić information content (AvgIpc) is 3.00. The van der Waals surface area contributed by atoms with Crippen molar-refractivity contribution in [3.8, 4) is 0 Å². The Kier molecular flexibility index (Phi) is 7.48. The maximum absolute atomic E-state index is 10.4. The molecule has 0 aromatic rings. The highest BCUT2D eigenvalue weighted by atomic mass is 16.3. The molecule has 3 aliphatic rings. The van der Waals surface area contributed by atoms with Crippen LogP contribution in [-0.2, 0) is 0 Å². The van der Waals surface area contributed by atoms with E-state index in [2.05, 4.69) is 39.2 Å². The Labute approximate surface area is 183 Å². The molecule has 0 radical (unpaired) electrons.